The molecule has 200 valence electrons. The molecule has 42 heavy (non-hydrogen) atoms. The molecule has 0 spiro atoms. The van der Waals surface area contributed by atoms with Crippen LogP contribution in [-0.4, -0.2) is 10.8 Å². The Morgan fingerprint density at radius 3 is 1.86 bits per heavy atom. The second-order valence-corrected chi connectivity index (χ2v) is 10.4. The van der Waals surface area contributed by atoms with Crippen LogP contribution in [0.2, 0.25) is 0 Å². The lowest BCUT2D eigenvalue weighted by Crippen LogP contribution is -1.93. The van der Waals surface area contributed by atoms with Crippen LogP contribution in [0.15, 0.2) is 169 Å². The van der Waals surface area contributed by atoms with E-state index in [0.717, 1.165) is 28.9 Å². The number of nitrogens with zero attached hydrogens (tertiary/aromatic N) is 2. The monoisotopic (exact) mass is 538 g/mol. The highest BCUT2D eigenvalue weighted by Crippen LogP contribution is 2.33. The van der Waals surface area contributed by atoms with Crippen molar-refractivity contribution in [2.75, 3.05) is 0 Å². The summed E-state index contributed by atoms with van der Waals surface area (Å²) in [7, 11) is 0. The molecule has 0 aliphatic heterocycles. The minimum absolute atomic E-state index is 0.819. The number of fused-ring (bicyclic) bond motifs is 3. The Morgan fingerprint density at radius 2 is 1.17 bits per heavy atom. The molecule has 1 aromatic heterocycles. The smallest absolute Gasteiger partial charge is 0.0665 e. The van der Waals surface area contributed by atoms with Crippen LogP contribution in [0, 0.1) is 0 Å². The first-order chi connectivity index (χ1) is 20.8. The summed E-state index contributed by atoms with van der Waals surface area (Å²) in [4.78, 5) is 4.95. The standard InChI is InChI=1S/C40H30N2/c1-3-12-30(13-4-1)22-27-38(41-29-31-14-5-2-6-15-31)34-17-11-16-33(28-34)32-23-25-35(26-24-32)42-39-20-9-7-18-36(39)37-19-8-10-21-40(37)42/h1-21,23-29H,22H2/b38-27-,41-29?. The Labute approximate surface area is 246 Å². The van der Waals surface area contributed by atoms with Crippen molar-refractivity contribution in [2.45, 2.75) is 6.42 Å². The normalized spacial score (nSPS) is 12.0. The van der Waals surface area contributed by atoms with Gasteiger partial charge in [-0.25, -0.2) is 0 Å². The lowest BCUT2D eigenvalue weighted by molar-refractivity contribution is 1.18. The minimum Gasteiger partial charge on any atom is -0.309 e. The Kier molecular flexibility index (Phi) is 7.02. The fourth-order valence-electron chi connectivity index (χ4n) is 5.62. The SMILES string of the molecule is C(=N/C(=C\Cc1ccccc1)c1cccc(-c2ccc(-n3c4ccccc4c4ccccc43)cc2)c1)c1ccccc1. The fourth-order valence-corrected chi connectivity index (χ4v) is 5.62. The van der Waals surface area contributed by atoms with Gasteiger partial charge in [0.1, 0.15) is 0 Å². The molecule has 6 aromatic carbocycles. The first kappa shape index (κ1) is 25.5. The van der Waals surface area contributed by atoms with Gasteiger partial charge in [0.2, 0.25) is 0 Å². The van der Waals surface area contributed by atoms with Crippen LogP contribution in [0.1, 0.15) is 16.7 Å². The molecule has 0 unspecified atom stereocenters. The zero-order chi connectivity index (χ0) is 28.1. The topological polar surface area (TPSA) is 17.3 Å². The molecule has 0 aliphatic rings. The average molecular weight is 539 g/mol. The van der Waals surface area contributed by atoms with Crippen LogP contribution in [0.25, 0.3) is 44.3 Å². The molecule has 0 saturated carbocycles. The lowest BCUT2D eigenvalue weighted by atomic mass is 10.0. The molecule has 0 atom stereocenters. The largest absolute Gasteiger partial charge is 0.309 e. The van der Waals surface area contributed by atoms with Gasteiger partial charge in [-0.1, -0.05) is 133 Å². The van der Waals surface area contributed by atoms with E-state index in [1.165, 1.54) is 38.5 Å². The number of aromatic nitrogens is 1. The summed E-state index contributed by atoms with van der Waals surface area (Å²) in [5.74, 6) is 0. The minimum atomic E-state index is 0.819. The maximum atomic E-state index is 4.95. The predicted octanol–water partition coefficient (Wildman–Crippen LogP) is 10.2. The Morgan fingerprint density at radius 1 is 0.548 bits per heavy atom. The van der Waals surface area contributed by atoms with Crippen molar-refractivity contribution in [1.29, 1.82) is 0 Å². The second kappa shape index (κ2) is 11.6. The summed E-state index contributed by atoms with van der Waals surface area (Å²) in [5, 5.41) is 2.55. The van der Waals surface area contributed by atoms with E-state index in [1.807, 2.05) is 24.4 Å². The molecule has 7 rings (SSSR count). The van der Waals surface area contributed by atoms with Crippen LogP contribution in [0.4, 0.5) is 0 Å². The van der Waals surface area contributed by atoms with Gasteiger partial charge < -0.3 is 4.57 Å². The zero-order valence-electron chi connectivity index (χ0n) is 23.3. The lowest BCUT2D eigenvalue weighted by Gasteiger charge is -2.10. The van der Waals surface area contributed by atoms with E-state index in [9.17, 15) is 0 Å². The van der Waals surface area contributed by atoms with Gasteiger partial charge in [0, 0.05) is 28.2 Å². The molecule has 0 radical (unpaired) electrons. The first-order valence-electron chi connectivity index (χ1n) is 14.4. The number of aliphatic imine (C=N–C) groups is 1. The third kappa shape index (κ3) is 5.18. The van der Waals surface area contributed by atoms with Gasteiger partial charge in [-0.05, 0) is 59.0 Å². The zero-order valence-corrected chi connectivity index (χ0v) is 23.3. The van der Waals surface area contributed by atoms with Crippen molar-refractivity contribution in [2.24, 2.45) is 4.99 Å². The highest BCUT2D eigenvalue weighted by molar-refractivity contribution is 6.09. The van der Waals surface area contributed by atoms with E-state index < -0.39 is 0 Å². The van der Waals surface area contributed by atoms with E-state index in [2.05, 4.69) is 150 Å². The summed E-state index contributed by atoms with van der Waals surface area (Å²) < 4.78 is 2.35. The van der Waals surface area contributed by atoms with Crippen LogP contribution in [-0.2, 0) is 6.42 Å². The number of hydrogen-bond donors (Lipinski definition) is 0. The van der Waals surface area contributed by atoms with Gasteiger partial charge in [0.05, 0.1) is 16.7 Å². The van der Waals surface area contributed by atoms with Gasteiger partial charge in [0.15, 0.2) is 0 Å². The van der Waals surface area contributed by atoms with E-state index in [-0.39, 0.29) is 0 Å². The molecular formula is C40H30N2. The van der Waals surface area contributed by atoms with Crippen molar-refractivity contribution < 1.29 is 0 Å². The molecule has 2 nitrogen and oxygen atoms in total. The molecule has 2 heteroatoms. The maximum Gasteiger partial charge on any atom is 0.0665 e. The Balaban J connectivity index is 1.24. The molecule has 0 fully saturated rings. The van der Waals surface area contributed by atoms with Gasteiger partial charge in [-0.15, -0.1) is 0 Å². The van der Waals surface area contributed by atoms with Gasteiger partial charge in [0.25, 0.3) is 0 Å². The van der Waals surface area contributed by atoms with Crippen molar-refractivity contribution in [1.82, 2.24) is 4.57 Å². The second-order valence-electron chi connectivity index (χ2n) is 10.4. The van der Waals surface area contributed by atoms with E-state index in [1.54, 1.807) is 0 Å². The van der Waals surface area contributed by atoms with Crippen molar-refractivity contribution in [3.63, 3.8) is 0 Å². The molecular weight excluding hydrogens is 508 g/mol. The molecule has 0 amide bonds. The number of rotatable bonds is 7. The number of hydrogen-bond acceptors (Lipinski definition) is 1. The maximum absolute atomic E-state index is 4.95. The molecule has 0 saturated heterocycles. The molecule has 0 bridgehead atoms. The summed E-state index contributed by atoms with van der Waals surface area (Å²) in [5.41, 5.74) is 10.4. The van der Waals surface area contributed by atoms with Gasteiger partial charge in [-0.3, -0.25) is 4.99 Å². The molecule has 7 aromatic rings. The van der Waals surface area contributed by atoms with Crippen LogP contribution >= 0.6 is 0 Å². The molecule has 0 aliphatic carbocycles. The van der Waals surface area contributed by atoms with E-state index in [4.69, 9.17) is 4.99 Å². The summed E-state index contributed by atoms with van der Waals surface area (Å²) in [6.07, 6.45) is 4.99. The van der Waals surface area contributed by atoms with Crippen LogP contribution in [0.5, 0.6) is 0 Å². The van der Waals surface area contributed by atoms with Crippen molar-refractivity contribution in [3.8, 4) is 16.8 Å². The summed E-state index contributed by atoms with van der Waals surface area (Å²) in [6.45, 7) is 0. The third-order valence-corrected chi connectivity index (χ3v) is 7.72. The quantitative estimate of drug-likeness (QED) is 0.180. The Hall–Kier alpha value is -5.47. The van der Waals surface area contributed by atoms with E-state index >= 15 is 0 Å². The van der Waals surface area contributed by atoms with Crippen molar-refractivity contribution >= 4 is 33.7 Å². The first-order valence-corrected chi connectivity index (χ1v) is 14.4. The highest BCUT2D eigenvalue weighted by atomic mass is 15.0. The summed E-state index contributed by atoms with van der Waals surface area (Å²) in [6, 6.07) is 55.6. The van der Waals surface area contributed by atoms with Crippen LogP contribution < -0.4 is 0 Å². The predicted molar refractivity (Wildman–Crippen MR) is 178 cm³/mol. The van der Waals surface area contributed by atoms with E-state index in [0.29, 0.717) is 0 Å². The van der Waals surface area contributed by atoms with Gasteiger partial charge in [-0.2, -0.15) is 0 Å². The highest BCUT2D eigenvalue weighted by Gasteiger charge is 2.11. The number of benzene rings is 6. The molecule has 0 N–H and O–H groups in total. The van der Waals surface area contributed by atoms with Crippen LogP contribution in [0.3, 0.4) is 0 Å². The number of allylic oxidation sites excluding steroid dienone is 1. The van der Waals surface area contributed by atoms with Gasteiger partial charge >= 0.3 is 0 Å². The molecule has 1 heterocycles. The summed E-state index contributed by atoms with van der Waals surface area (Å²) >= 11 is 0. The average Bonchev–Trinajstić information content (AvgIpc) is 3.40. The fraction of sp³-hybridized carbons (Fsp3) is 0.0250. The van der Waals surface area contributed by atoms with Crippen molar-refractivity contribution in [3.05, 3.63) is 180 Å². The number of para-hydroxylation sites is 2. The Bertz CT molecular complexity index is 1980. The third-order valence-electron chi connectivity index (χ3n) is 7.72.